The number of carbonyl (C=O) groups excluding carboxylic acids is 1. The highest BCUT2D eigenvalue weighted by atomic mass is 35.5. The van der Waals surface area contributed by atoms with E-state index in [-0.39, 0.29) is 16.4 Å². The number of sulfonamides is 1. The summed E-state index contributed by atoms with van der Waals surface area (Å²) < 4.78 is 40.6. The predicted octanol–water partition coefficient (Wildman–Crippen LogP) is 4.28. The number of carbonyl (C=O) groups is 1. The summed E-state index contributed by atoms with van der Waals surface area (Å²) in [5.41, 5.74) is 0.870. The van der Waals surface area contributed by atoms with Crippen LogP contribution in [0.4, 0.5) is 0 Å². The van der Waals surface area contributed by atoms with E-state index in [0.29, 0.717) is 28.5 Å². The SMILES string of the molecule is CCOc1ccc(C(=O)Oc2ccc(C=NNS(=O)(=O)c3ccc(Cl)cc3)cc2OC)cc1. The molecule has 0 fully saturated rings. The van der Waals surface area contributed by atoms with Crippen molar-refractivity contribution < 1.29 is 27.4 Å². The standard InChI is InChI=1S/C23H21ClN2O6S/c1-3-31-19-9-5-17(6-10-19)23(27)32-21-13-4-16(14-22(21)30-2)15-25-26-33(28,29)20-11-7-18(24)8-12-20/h4-15,26H,3H2,1-2H3. The number of benzene rings is 3. The van der Waals surface area contributed by atoms with Gasteiger partial charge >= 0.3 is 5.97 Å². The zero-order valence-electron chi connectivity index (χ0n) is 17.8. The average molecular weight is 489 g/mol. The average Bonchev–Trinajstić information content (AvgIpc) is 2.80. The van der Waals surface area contributed by atoms with E-state index >= 15 is 0 Å². The lowest BCUT2D eigenvalue weighted by molar-refractivity contribution is 0.0729. The van der Waals surface area contributed by atoms with Gasteiger partial charge in [-0.15, -0.1) is 0 Å². The van der Waals surface area contributed by atoms with Crippen LogP contribution in [0.15, 0.2) is 76.7 Å². The molecule has 172 valence electrons. The molecular weight excluding hydrogens is 468 g/mol. The number of rotatable bonds is 9. The topological polar surface area (TPSA) is 103 Å². The number of nitrogens with zero attached hydrogens (tertiary/aromatic N) is 1. The molecule has 0 aliphatic heterocycles. The predicted molar refractivity (Wildman–Crippen MR) is 125 cm³/mol. The maximum Gasteiger partial charge on any atom is 0.343 e. The summed E-state index contributed by atoms with van der Waals surface area (Å²) in [6, 6.07) is 16.9. The second-order valence-electron chi connectivity index (χ2n) is 6.56. The van der Waals surface area contributed by atoms with Crippen molar-refractivity contribution in [3.8, 4) is 17.2 Å². The van der Waals surface area contributed by atoms with Crippen LogP contribution in [0, 0.1) is 0 Å². The number of methoxy groups -OCH3 is 1. The van der Waals surface area contributed by atoms with Crippen LogP contribution in [-0.4, -0.2) is 34.3 Å². The van der Waals surface area contributed by atoms with Gasteiger partial charge in [-0.25, -0.2) is 9.63 Å². The van der Waals surface area contributed by atoms with Crippen LogP contribution >= 0.6 is 11.6 Å². The van der Waals surface area contributed by atoms with Crippen LogP contribution in [0.2, 0.25) is 5.02 Å². The molecule has 0 saturated heterocycles. The smallest absolute Gasteiger partial charge is 0.343 e. The van der Waals surface area contributed by atoms with Gasteiger partial charge in [-0.2, -0.15) is 13.5 Å². The maximum absolute atomic E-state index is 12.4. The van der Waals surface area contributed by atoms with E-state index < -0.39 is 16.0 Å². The molecule has 0 saturated carbocycles. The molecule has 33 heavy (non-hydrogen) atoms. The Morgan fingerprint density at radius 3 is 2.36 bits per heavy atom. The first kappa shape index (κ1) is 24.1. The molecule has 0 aliphatic carbocycles. The van der Waals surface area contributed by atoms with Gasteiger partial charge in [0.1, 0.15) is 5.75 Å². The number of nitrogens with one attached hydrogen (secondary N) is 1. The quantitative estimate of drug-likeness (QED) is 0.209. The van der Waals surface area contributed by atoms with Crippen LogP contribution in [0.25, 0.3) is 0 Å². The Balaban J connectivity index is 1.68. The zero-order valence-corrected chi connectivity index (χ0v) is 19.4. The molecule has 0 amide bonds. The Kier molecular flexibility index (Phi) is 7.92. The van der Waals surface area contributed by atoms with Crippen LogP contribution in [0.5, 0.6) is 17.2 Å². The minimum atomic E-state index is -3.84. The number of hydrazone groups is 1. The first-order chi connectivity index (χ1) is 15.8. The van der Waals surface area contributed by atoms with Crippen molar-refractivity contribution in [1.82, 2.24) is 4.83 Å². The molecule has 3 aromatic rings. The lowest BCUT2D eigenvalue weighted by Gasteiger charge is -2.10. The highest BCUT2D eigenvalue weighted by molar-refractivity contribution is 7.89. The lowest BCUT2D eigenvalue weighted by atomic mass is 10.2. The highest BCUT2D eigenvalue weighted by Crippen LogP contribution is 2.28. The Hall–Kier alpha value is -3.56. The highest BCUT2D eigenvalue weighted by Gasteiger charge is 2.14. The molecule has 3 rings (SSSR count). The molecule has 0 spiro atoms. The van der Waals surface area contributed by atoms with Gasteiger partial charge in [-0.1, -0.05) is 11.6 Å². The number of halogens is 1. The summed E-state index contributed by atoms with van der Waals surface area (Å²) in [5.74, 6) is 0.574. The van der Waals surface area contributed by atoms with E-state index in [1.165, 1.54) is 43.7 Å². The van der Waals surface area contributed by atoms with Crippen molar-refractivity contribution >= 4 is 33.8 Å². The molecule has 0 bridgehead atoms. The van der Waals surface area contributed by atoms with Gasteiger partial charge in [0.2, 0.25) is 0 Å². The Morgan fingerprint density at radius 2 is 1.73 bits per heavy atom. The van der Waals surface area contributed by atoms with Gasteiger partial charge in [0.05, 0.1) is 30.4 Å². The van der Waals surface area contributed by atoms with Gasteiger partial charge in [-0.05, 0) is 79.2 Å². The third-order valence-corrected chi connectivity index (χ3v) is 5.79. The third kappa shape index (κ3) is 6.47. The second kappa shape index (κ2) is 10.8. The molecule has 0 aliphatic rings. The van der Waals surface area contributed by atoms with Gasteiger partial charge < -0.3 is 14.2 Å². The summed E-state index contributed by atoms with van der Waals surface area (Å²) in [7, 11) is -2.42. The van der Waals surface area contributed by atoms with Crippen molar-refractivity contribution in [2.24, 2.45) is 5.10 Å². The molecule has 0 atom stereocenters. The Morgan fingerprint density at radius 1 is 1.03 bits per heavy atom. The largest absolute Gasteiger partial charge is 0.494 e. The number of hydrogen-bond acceptors (Lipinski definition) is 7. The van der Waals surface area contributed by atoms with Gasteiger partial charge in [0, 0.05) is 5.02 Å². The monoisotopic (exact) mass is 488 g/mol. The molecule has 10 heteroatoms. The van der Waals surface area contributed by atoms with Crippen molar-refractivity contribution in [3.63, 3.8) is 0 Å². The van der Waals surface area contributed by atoms with Crippen molar-refractivity contribution in [3.05, 3.63) is 82.9 Å². The molecule has 0 heterocycles. The maximum atomic E-state index is 12.4. The molecule has 1 N–H and O–H groups in total. The zero-order chi connectivity index (χ0) is 23.8. The summed E-state index contributed by atoms with van der Waals surface area (Å²) in [5, 5.41) is 4.20. The second-order valence-corrected chi connectivity index (χ2v) is 8.66. The van der Waals surface area contributed by atoms with E-state index in [0.717, 1.165) is 0 Å². The van der Waals surface area contributed by atoms with Crippen LogP contribution in [0.1, 0.15) is 22.8 Å². The van der Waals surface area contributed by atoms with Crippen molar-refractivity contribution in [2.75, 3.05) is 13.7 Å². The summed E-state index contributed by atoms with van der Waals surface area (Å²) >= 11 is 5.78. The van der Waals surface area contributed by atoms with Crippen LogP contribution in [-0.2, 0) is 10.0 Å². The number of ether oxygens (including phenoxy) is 3. The molecule has 0 aromatic heterocycles. The minimum Gasteiger partial charge on any atom is -0.494 e. The van der Waals surface area contributed by atoms with E-state index in [4.69, 9.17) is 25.8 Å². The molecule has 0 radical (unpaired) electrons. The van der Waals surface area contributed by atoms with Crippen LogP contribution in [0.3, 0.4) is 0 Å². The summed E-state index contributed by atoms with van der Waals surface area (Å²) in [4.78, 5) is 14.6. The van der Waals surface area contributed by atoms with E-state index in [2.05, 4.69) is 9.93 Å². The Labute approximate surface area is 196 Å². The lowest BCUT2D eigenvalue weighted by Crippen LogP contribution is -2.18. The third-order valence-electron chi connectivity index (χ3n) is 4.30. The van der Waals surface area contributed by atoms with Crippen LogP contribution < -0.4 is 19.0 Å². The fraction of sp³-hybridized carbons (Fsp3) is 0.130. The van der Waals surface area contributed by atoms with Gasteiger partial charge in [0.25, 0.3) is 10.0 Å². The minimum absolute atomic E-state index is 0.0261. The normalized spacial score (nSPS) is 11.2. The Bertz CT molecular complexity index is 1240. The summed E-state index contributed by atoms with van der Waals surface area (Å²) in [6.07, 6.45) is 1.30. The fourth-order valence-corrected chi connectivity index (χ4v) is 3.62. The summed E-state index contributed by atoms with van der Waals surface area (Å²) in [6.45, 7) is 2.40. The van der Waals surface area contributed by atoms with Gasteiger partial charge in [0.15, 0.2) is 11.5 Å². The molecule has 8 nitrogen and oxygen atoms in total. The fourth-order valence-electron chi connectivity index (χ4n) is 2.70. The van der Waals surface area contributed by atoms with E-state index in [1.807, 2.05) is 6.92 Å². The van der Waals surface area contributed by atoms with Crippen molar-refractivity contribution in [2.45, 2.75) is 11.8 Å². The first-order valence-corrected chi connectivity index (χ1v) is 11.6. The van der Waals surface area contributed by atoms with Crippen molar-refractivity contribution in [1.29, 1.82) is 0 Å². The van der Waals surface area contributed by atoms with Gasteiger partial charge in [-0.3, -0.25) is 0 Å². The number of esters is 1. The van der Waals surface area contributed by atoms with E-state index in [1.54, 1.807) is 36.4 Å². The first-order valence-electron chi connectivity index (χ1n) is 9.76. The van der Waals surface area contributed by atoms with E-state index in [9.17, 15) is 13.2 Å². The molecular formula is C23H21ClN2O6S. The molecule has 0 unspecified atom stereocenters. The number of hydrogen-bond donors (Lipinski definition) is 1. The molecule has 3 aromatic carbocycles.